The van der Waals surface area contributed by atoms with Crippen LogP contribution < -0.4 is 5.32 Å². The first kappa shape index (κ1) is 18.8. The van der Waals surface area contributed by atoms with Crippen LogP contribution in [-0.2, 0) is 19.1 Å². The lowest BCUT2D eigenvalue weighted by molar-refractivity contribution is -0.153. The van der Waals surface area contributed by atoms with Gasteiger partial charge >= 0.3 is 5.97 Å². The van der Waals surface area contributed by atoms with E-state index in [0.29, 0.717) is 18.8 Å². The van der Waals surface area contributed by atoms with Gasteiger partial charge < -0.3 is 24.8 Å². The number of hydrogen-bond acceptors (Lipinski definition) is 5. The summed E-state index contributed by atoms with van der Waals surface area (Å²) in [4.78, 5) is 37.8. The van der Waals surface area contributed by atoms with Gasteiger partial charge in [0.05, 0.1) is 19.8 Å². The average Bonchev–Trinajstić information content (AvgIpc) is 3.22. The van der Waals surface area contributed by atoms with Gasteiger partial charge in [0.1, 0.15) is 12.1 Å². The SMILES string of the molecule is CC(NC(=O)c1ccc(Br)cc1)C(=O)N1CC2(C[C@H]1C(=O)O)OCCO2. The molecule has 2 aliphatic rings. The predicted molar refractivity (Wildman–Crippen MR) is 93.5 cm³/mol. The second kappa shape index (κ2) is 7.34. The molecule has 1 spiro atoms. The zero-order chi connectivity index (χ0) is 18.9. The summed E-state index contributed by atoms with van der Waals surface area (Å²) in [5.74, 6) is -3.08. The molecule has 0 radical (unpaired) electrons. The Hall–Kier alpha value is -1.97. The molecule has 8 nitrogen and oxygen atoms in total. The zero-order valence-electron chi connectivity index (χ0n) is 14.1. The Morgan fingerprint density at radius 2 is 1.88 bits per heavy atom. The van der Waals surface area contributed by atoms with E-state index in [1.807, 2.05) is 0 Å². The molecule has 2 saturated heterocycles. The van der Waals surface area contributed by atoms with Crippen LogP contribution in [0.4, 0.5) is 0 Å². The normalized spacial score (nSPS) is 22.4. The van der Waals surface area contributed by atoms with E-state index in [4.69, 9.17) is 9.47 Å². The van der Waals surface area contributed by atoms with E-state index in [2.05, 4.69) is 21.2 Å². The highest BCUT2D eigenvalue weighted by Crippen LogP contribution is 2.35. The van der Waals surface area contributed by atoms with Crippen LogP contribution in [0.25, 0.3) is 0 Å². The van der Waals surface area contributed by atoms with Gasteiger partial charge in [0, 0.05) is 16.5 Å². The van der Waals surface area contributed by atoms with Gasteiger partial charge in [-0.2, -0.15) is 0 Å². The number of carbonyl (C=O) groups is 3. The number of benzene rings is 1. The molecule has 2 heterocycles. The molecule has 2 N–H and O–H groups in total. The molecule has 0 saturated carbocycles. The Bertz CT molecular complexity index is 716. The van der Waals surface area contributed by atoms with Crippen LogP contribution in [0.2, 0.25) is 0 Å². The molecule has 0 bridgehead atoms. The molecule has 1 unspecified atom stereocenters. The Morgan fingerprint density at radius 3 is 2.46 bits per heavy atom. The van der Waals surface area contributed by atoms with E-state index >= 15 is 0 Å². The first-order valence-electron chi connectivity index (χ1n) is 8.19. The van der Waals surface area contributed by atoms with Crippen molar-refractivity contribution in [3.63, 3.8) is 0 Å². The monoisotopic (exact) mass is 426 g/mol. The van der Waals surface area contributed by atoms with Crippen LogP contribution in [-0.4, -0.2) is 65.4 Å². The molecular formula is C17H19BrN2O6. The summed E-state index contributed by atoms with van der Waals surface area (Å²) >= 11 is 3.29. The minimum Gasteiger partial charge on any atom is -0.480 e. The van der Waals surface area contributed by atoms with Gasteiger partial charge in [0.25, 0.3) is 5.91 Å². The number of carbonyl (C=O) groups excluding carboxylic acids is 2. The lowest BCUT2D eigenvalue weighted by Gasteiger charge is -2.26. The maximum Gasteiger partial charge on any atom is 0.326 e. The lowest BCUT2D eigenvalue weighted by atomic mass is 10.1. The molecule has 0 aromatic heterocycles. The summed E-state index contributed by atoms with van der Waals surface area (Å²) in [5, 5.41) is 12.1. The van der Waals surface area contributed by atoms with Gasteiger partial charge in [-0.25, -0.2) is 4.79 Å². The molecular weight excluding hydrogens is 408 g/mol. The Labute approximate surface area is 158 Å². The Morgan fingerprint density at radius 1 is 1.27 bits per heavy atom. The minimum absolute atomic E-state index is 0.0291. The highest BCUT2D eigenvalue weighted by atomic mass is 79.9. The third kappa shape index (κ3) is 3.74. The summed E-state index contributed by atoms with van der Waals surface area (Å²) < 4.78 is 11.9. The first-order valence-corrected chi connectivity index (χ1v) is 8.98. The van der Waals surface area contributed by atoms with Crippen molar-refractivity contribution in [2.45, 2.75) is 31.2 Å². The third-order valence-electron chi connectivity index (χ3n) is 4.50. The molecule has 2 amide bonds. The van der Waals surface area contributed by atoms with Gasteiger partial charge in [-0.3, -0.25) is 9.59 Å². The molecule has 2 fully saturated rings. The van der Waals surface area contributed by atoms with E-state index < -0.39 is 35.7 Å². The third-order valence-corrected chi connectivity index (χ3v) is 5.03. The maximum atomic E-state index is 12.8. The molecule has 9 heteroatoms. The van der Waals surface area contributed by atoms with Crippen molar-refractivity contribution < 1.29 is 29.0 Å². The molecule has 2 atom stereocenters. The number of likely N-dealkylation sites (tertiary alicyclic amines) is 1. The van der Waals surface area contributed by atoms with Crippen LogP contribution in [0, 0.1) is 0 Å². The van der Waals surface area contributed by atoms with E-state index in [1.165, 1.54) is 11.8 Å². The number of amides is 2. The average molecular weight is 427 g/mol. The molecule has 26 heavy (non-hydrogen) atoms. The van der Waals surface area contributed by atoms with Gasteiger partial charge in [-0.15, -0.1) is 0 Å². The van der Waals surface area contributed by atoms with Crippen molar-refractivity contribution in [1.82, 2.24) is 10.2 Å². The van der Waals surface area contributed by atoms with Crippen molar-refractivity contribution in [2.75, 3.05) is 19.8 Å². The van der Waals surface area contributed by atoms with Crippen LogP contribution in [0.1, 0.15) is 23.7 Å². The topological polar surface area (TPSA) is 105 Å². The summed E-state index contributed by atoms with van der Waals surface area (Å²) in [6.45, 7) is 2.29. The first-order chi connectivity index (χ1) is 12.3. The van der Waals surface area contributed by atoms with Crippen LogP contribution in [0.15, 0.2) is 28.7 Å². The number of ether oxygens (including phenoxy) is 2. The molecule has 1 aromatic rings. The lowest BCUT2D eigenvalue weighted by Crippen LogP contribution is -2.51. The quantitative estimate of drug-likeness (QED) is 0.743. The standard InChI is InChI=1S/C17H19BrN2O6/c1-10(19-14(21)11-2-4-12(18)5-3-11)15(22)20-9-17(25-6-7-26-17)8-13(20)16(23)24/h2-5,10,13H,6-9H2,1H3,(H,19,21)(H,23,24)/t10?,13-/m0/s1. The van der Waals surface area contributed by atoms with Crippen LogP contribution >= 0.6 is 15.9 Å². The zero-order valence-corrected chi connectivity index (χ0v) is 15.7. The van der Waals surface area contributed by atoms with Crippen molar-refractivity contribution in [3.05, 3.63) is 34.3 Å². The largest absolute Gasteiger partial charge is 0.480 e. The van der Waals surface area contributed by atoms with E-state index in [1.54, 1.807) is 24.3 Å². The van der Waals surface area contributed by atoms with E-state index in [9.17, 15) is 19.5 Å². The molecule has 3 rings (SSSR count). The number of carboxylic acid groups (broad SMARTS) is 1. The number of halogens is 1. The van der Waals surface area contributed by atoms with E-state index in [0.717, 1.165) is 4.47 Å². The molecule has 1 aromatic carbocycles. The van der Waals surface area contributed by atoms with Gasteiger partial charge in [-0.1, -0.05) is 15.9 Å². The maximum absolute atomic E-state index is 12.8. The summed E-state index contributed by atoms with van der Waals surface area (Å²) in [6, 6.07) is 4.77. The van der Waals surface area contributed by atoms with Gasteiger partial charge in [-0.05, 0) is 31.2 Å². The second-order valence-corrected chi connectivity index (χ2v) is 7.25. The highest BCUT2D eigenvalue weighted by molar-refractivity contribution is 9.10. The van der Waals surface area contributed by atoms with Crippen molar-refractivity contribution >= 4 is 33.7 Å². The number of carboxylic acids is 1. The number of aliphatic carboxylic acids is 1. The number of nitrogens with zero attached hydrogens (tertiary/aromatic N) is 1. The Kier molecular flexibility index (Phi) is 5.31. The van der Waals surface area contributed by atoms with Crippen molar-refractivity contribution in [1.29, 1.82) is 0 Å². The summed E-state index contributed by atoms with van der Waals surface area (Å²) in [6.07, 6.45) is 0.0709. The summed E-state index contributed by atoms with van der Waals surface area (Å²) in [5.41, 5.74) is 0.406. The minimum atomic E-state index is -1.12. The van der Waals surface area contributed by atoms with E-state index in [-0.39, 0.29) is 13.0 Å². The number of nitrogens with one attached hydrogen (secondary N) is 1. The molecule has 140 valence electrons. The number of rotatable bonds is 4. The van der Waals surface area contributed by atoms with Crippen molar-refractivity contribution in [3.8, 4) is 0 Å². The fourth-order valence-electron chi connectivity index (χ4n) is 3.19. The highest BCUT2D eigenvalue weighted by Gasteiger charge is 2.53. The fraction of sp³-hybridized carbons (Fsp3) is 0.471. The summed E-state index contributed by atoms with van der Waals surface area (Å²) in [7, 11) is 0. The molecule has 0 aliphatic carbocycles. The number of hydrogen-bond donors (Lipinski definition) is 2. The van der Waals surface area contributed by atoms with Gasteiger partial charge in [0.15, 0.2) is 5.79 Å². The van der Waals surface area contributed by atoms with Crippen LogP contribution in [0.3, 0.4) is 0 Å². The van der Waals surface area contributed by atoms with Crippen molar-refractivity contribution in [2.24, 2.45) is 0 Å². The van der Waals surface area contributed by atoms with Gasteiger partial charge in [0.2, 0.25) is 5.91 Å². The van der Waals surface area contributed by atoms with Crippen LogP contribution in [0.5, 0.6) is 0 Å². The Balaban J connectivity index is 1.69. The predicted octanol–water partition coefficient (Wildman–Crippen LogP) is 0.996. The second-order valence-electron chi connectivity index (χ2n) is 6.33. The smallest absolute Gasteiger partial charge is 0.326 e. The fourth-order valence-corrected chi connectivity index (χ4v) is 3.45. The molecule has 2 aliphatic heterocycles.